The van der Waals surface area contributed by atoms with Crippen LogP contribution in [-0.4, -0.2) is 27.2 Å². The van der Waals surface area contributed by atoms with Gasteiger partial charge in [-0.2, -0.15) is 0 Å². The number of nitrogens with zero attached hydrogens (tertiary/aromatic N) is 2. The lowest BCUT2D eigenvalue weighted by Crippen LogP contribution is -2.15. The van der Waals surface area contributed by atoms with Gasteiger partial charge in [-0.1, -0.05) is 66.2 Å². The average Bonchev–Trinajstić information content (AvgIpc) is 3.32. The van der Waals surface area contributed by atoms with Crippen molar-refractivity contribution < 1.29 is 23.4 Å². The van der Waals surface area contributed by atoms with Crippen LogP contribution >= 0.6 is 11.6 Å². The molecule has 0 saturated heterocycles. The second kappa shape index (κ2) is 14.4. The molecule has 0 fully saturated rings. The highest BCUT2D eigenvalue weighted by atomic mass is 35.5. The molecule has 4 aromatic carbocycles. The van der Waals surface area contributed by atoms with Crippen LogP contribution < -0.4 is 0 Å². The minimum atomic E-state index is -0.821. The maximum atomic E-state index is 14.7. The molecule has 5 aromatic rings. The van der Waals surface area contributed by atoms with E-state index in [1.807, 2.05) is 79.9 Å². The molecule has 1 unspecified atom stereocenters. The van der Waals surface area contributed by atoms with Crippen LogP contribution in [0.4, 0.5) is 8.78 Å². The third kappa shape index (κ3) is 7.98. The van der Waals surface area contributed by atoms with Crippen molar-refractivity contribution in [3.05, 3.63) is 130 Å². The number of aryl methyl sites for hydroxylation is 2. The molecule has 0 saturated carbocycles. The van der Waals surface area contributed by atoms with Crippen molar-refractivity contribution in [3.63, 3.8) is 0 Å². The van der Waals surface area contributed by atoms with E-state index in [2.05, 4.69) is 12.6 Å². The summed E-state index contributed by atoms with van der Waals surface area (Å²) in [5, 5.41) is 9.25. The summed E-state index contributed by atoms with van der Waals surface area (Å²) in [7, 11) is 0. The van der Waals surface area contributed by atoms with Crippen LogP contribution in [0.2, 0.25) is 5.02 Å². The summed E-state index contributed by atoms with van der Waals surface area (Å²) in [6.45, 7) is 12.7. The van der Waals surface area contributed by atoms with E-state index in [0.29, 0.717) is 24.0 Å². The van der Waals surface area contributed by atoms with E-state index in [1.165, 1.54) is 12.1 Å². The number of carbonyl (C=O) groups is 1. The van der Waals surface area contributed by atoms with Crippen LogP contribution in [0.3, 0.4) is 0 Å². The standard InChI is InChI=1S/C25H21ClF2N2.C11H14O3/c1-14(2)17-5-8-24-23(11-17)29-25(19-7-6-18(27)12-22(19)28)30(24)13-20-16(4)9-15(3)10-21(20)26;1-9(11(12)13)7-14-8-10-5-3-2-4-6-10/h5-12H,1,13H2,2-4H3;2-6,9H,7-8H2,1H3,(H,12,13). The molecule has 44 heavy (non-hydrogen) atoms. The SMILES string of the molecule is C=C(C)c1ccc2c(c1)nc(-c1ccc(F)cc1F)n2Cc1c(C)cc(C)cc1Cl.CC(COCc1ccccc1)C(=O)O. The Morgan fingerprint density at radius 1 is 1.05 bits per heavy atom. The second-order valence-corrected chi connectivity index (χ2v) is 11.3. The van der Waals surface area contributed by atoms with Crippen molar-refractivity contribution in [3.8, 4) is 11.4 Å². The van der Waals surface area contributed by atoms with Crippen molar-refractivity contribution in [1.82, 2.24) is 9.55 Å². The Balaban J connectivity index is 0.000000265. The molecule has 1 heterocycles. The number of hydrogen-bond acceptors (Lipinski definition) is 3. The molecule has 1 atom stereocenters. The third-order valence-electron chi connectivity index (χ3n) is 7.19. The first-order chi connectivity index (χ1) is 20.9. The summed E-state index contributed by atoms with van der Waals surface area (Å²) in [6, 6.07) is 23.1. The minimum absolute atomic E-state index is 0.241. The molecule has 0 aliphatic rings. The molecule has 8 heteroatoms. The Hall–Kier alpha value is -4.33. The smallest absolute Gasteiger partial charge is 0.308 e. The zero-order valence-corrected chi connectivity index (χ0v) is 26.0. The Morgan fingerprint density at radius 3 is 2.41 bits per heavy atom. The first-order valence-corrected chi connectivity index (χ1v) is 14.5. The summed E-state index contributed by atoms with van der Waals surface area (Å²) in [5.41, 5.74) is 7.80. The maximum Gasteiger partial charge on any atom is 0.308 e. The molecule has 5 nitrogen and oxygen atoms in total. The van der Waals surface area contributed by atoms with Gasteiger partial charge in [-0.15, -0.1) is 0 Å². The van der Waals surface area contributed by atoms with Gasteiger partial charge in [-0.3, -0.25) is 4.79 Å². The predicted molar refractivity (Wildman–Crippen MR) is 173 cm³/mol. The van der Waals surface area contributed by atoms with Crippen molar-refractivity contribution >= 4 is 34.2 Å². The number of benzene rings is 4. The summed E-state index contributed by atoms with van der Waals surface area (Å²) in [6.07, 6.45) is 0. The molecule has 5 rings (SSSR count). The number of rotatable bonds is 9. The van der Waals surface area contributed by atoms with Gasteiger partial charge in [-0.25, -0.2) is 13.8 Å². The molecule has 0 radical (unpaired) electrons. The quantitative estimate of drug-likeness (QED) is 0.179. The van der Waals surface area contributed by atoms with Crippen LogP contribution in [0.5, 0.6) is 0 Å². The van der Waals surface area contributed by atoms with Crippen LogP contribution in [0.25, 0.3) is 28.0 Å². The fourth-order valence-electron chi connectivity index (χ4n) is 4.73. The molecule has 0 aliphatic heterocycles. The van der Waals surface area contributed by atoms with Gasteiger partial charge >= 0.3 is 5.97 Å². The van der Waals surface area contributed by atoms with Gasteiger partial charge in [0.2, 0.25) is 0 Å². The monoisotopic (exact) mass is 616 g/mol. The Morgan fingerprint density at radius 2 is 1.77 bits per heavy atom. The number of carboxylic acid groups (broad SMARTS) is 1. The van der Waals surface area contributed by atoms with Crippen LogP contribution in [0.1, 0.15) is 41.7 Å². The van der Waals surface area contributed by atoms with Crippen molar-refractivity contribution in [1.29, 1.82) is 0 Å². The number of aliphatic carboxylic acids is 1. The van der Waals surface area contributed by atoms with Gasteiger partial charge < -0.3 is 14.4 Å². The lowest BCUT2D eigenvalue weighted by molar-refractivity contribution is -0.143. The Kier molecular flexibility index (Phi) is 10.7. The summed E-state index contributed by atoms with van der Waals surface area (Å²) < 4.78 is 35.4. The van der Waals surface area contributed by atoms with E-state index in [4.69, 9.17) is 26.4 Å². The summed E-state index contributed by atoms with van der Waals surface area (Å²) in [5.74, 6) is -2.12. The first kappa shape index (κ1) is 32.6. The Labute approximate surface area is 261 Å². The van der Waals surface area contributed by atoms with Gasteiger partial charge in [0.05, 0.1) is 42.3 Å². The van der Waals surface area contributed by atoms with Crippen LogP contribution in [-0.2, 0) is 22.7 Å². The fourth-order valence-corrected chi connectivity index (χ4v) is 5.12. The molecule has 0 spiro atoms. The number of fused-ring (bicyclic) bond motifs is 1. The van der Waals surface area contributed by atoms with Crippen LogP contribution in [0, 0.1) is 31.4 Å². The van der Waals surface area contributed by atoms with E-state index < -0.39 is 23.5 Å². The molecular formula is C36H35ClF2N2O3. The third-order valence-corrected chi connectivity index (χ3v) is 7.53. The largest absolute Gasteiger partial charge is 0.481 e. The highest BCUT2D eigenvalue weighted by Crippen LogP contribution is 2.32. The Bertz CT molecular complexity index is 1780. The minimum Gasteiger partial charge on any atom is -0.481 e. The highest BCUT2D eigenvalue weighted by Gasteiger charge is 2.19. The van der Waals surface area contributed by atoms with Gasteiger partial charge in [0.15, 0.2) is 0 Å². The molecule has 0 amide bonds. The number of allylic oxidation sites excluding steroid dienone is 1. The summed E-state index contributed by atoms with van der Waals surface area (Å²) >= 11 is 6.55. The van der Waals surface area contributed by atoms with E-state index in [9.17, 15) is 13.6 Å². The number of ether oxygens (including phenoxy) is 1. The lowest BCUT2D eigenvalue weighted by atomic mass is 10.0. The predicted octanol–water partition coefficient (Wildman–Crippen LogP) is 9.26. The van der Waals surface area contributed by atoms with E-state index in [-0.39, 0.29) is 12.2 Å². The van der Waals surface area contributed by atoms with Gasteiger partial charge in [0.1, 0.15) is 17.5 Å². The second-order valence-electron chi connectivity index (χ2n) is 10.9. The summed E-state index contributed by atoms with van der Waals surface area (Å²) in [4.78, 5) is 15.2. The molecule has 228 valence electrons. The van der Waals surface area contributed by atoms with Gasteiger partial charge in [0, 0.05) is 11.1 Å². The lowest BCUT2D eigenvalue weighted by Gasteiger charge is -2.14. The van der Waals surface area contributed by atoms with E-state index in [1.54, 1.807) is 6.92 Å². The average molecular weight is 617 g/mol. The van der Waals surface area contributed by atoms with Crippen LogP contribution in [0.15, 0.2) is 85.4 Å². The van der Waals surface area contributed by atoms with E-state index >= 15 is 0 Å². The maximum absolute atomic E-state index is 14.7. The van der Waals surface area contributed by atoms with Crippen molar-refractivity contribution in [2.75, 3.05) is 6.61 Å². The number of aromatic nitrogens is 2. The van der Waals surface area contributed by atoms with Gasteiger partial charge in [-0.05, 0) is 85.8 Å². The molecule has 1 N–H and O–H groups in total. The number of imidazole rings is 1. The zero-order valence-electron chi connectivity index (χ0n) is 25.2. The molecule has 0 bridgehead atoms. The molecule has 1 aromatic heterocycles. The normalized spacial score (nSPS) is 11.6. The zero-order chi connectivity index (χ0) is 32.0. The van der Waals surface area contributed by atoms with E-state index in [0.717, 1.165) is 50.5 Å². The fraction of sp³-hybridized carbons (Fsp3) is 0.222. The molecule has 0 aliphatic carbocycles. The van der Waals surface area contributed by atoms with Crippen molar-refractivity contribution in [2.45, 2.75) is 40.8 Å². The van der Waals surface area contributed by atoms with Crippen molar-refractivity contribution in [2.24, 2.45) is 5.92 Å². The first-order valence-electron chi connectivity index (χ1n) is 14.2. The topological polar surface area (TPSA) is 64.4 Å². The van der Waals surface area contributed by atoms with Gasteiger partial charge in [0.25, 0.3) is 0 Å². The number of halogens is 3. The number of hydrogen-bond donors (Lipinski definition) is 1. The highest BCUT2D eigenvalue weighted by molar-refractivity contribution is 6.31. The number of carboxylic acids is 1. The molecular weight excluding hydrogens is 582 g/mol.